The van der Waals surface area contributed by atoms with Gasteiger partial charge >= 0.3 is 0 Å². The summed E-state index contributed by atoms with van der Waals surface area (Å²) < 4.78 is 30.3. The Labute approximate surface area is 170 Å². The van der Waals surface area contributed by atoms with E-state index in [1.54, 1.807) is 11.6 Å². The van der Waals surface area contributed by atoms with Gasteiger partial charge in [0, 0.05) is 12.7 Å². The lowest BCUT2D eigenvalue weighted by Crippen LogP contribution is -2.14. The molecule has 0 aliphatic carbocycles. The van der Waals surface area contributed by atoms with Crippen molar-refractivity contribution in [1.29, 1.82) is 0 Å². The molecule has 3 N–H and O–H groups in total. The first-order valence-corrected chi connectivity index (χ1v) is 9.09. The molecule has 29 heavy (non-hydrogen) atoms. The van der Waals surface area contributed by atoms with Crippen molar-refractivity contribution >= 4 is 23.2 Å². The standard InChI is InChI=1S/C20H18ClF2N3O3/c1-3-16-15(9-27)24-19(26(16)2)10-8-17(28)11(7-14(10)23)20(29)25-18-12(21)5-4-6-13(18)22/h4-8,27-28H,3,9H2,1-2H3,(H,25,29). The Kier molecular flexibility index (Phi) is 5.86. The number of para-hydroxylation sites is 1. The van der Waals surface area contributed by atoms with Gasteiger partial charge in [0.05, 0.1) is 34.1 Å². The molecule has 1 heterocycles. The van der Waals surface area contributed by atoms with Crippen molar-refractivity contribution in [2.24, 2.45) is 7.05 Å². The molecule has 152 valence electrons. The number of hydrogen-bond donors (Lipinski definition) is 3. The summed E-state index contributed by atoms with van der Waals surface area (Å²) in [5.74, 6) is -2.82. The van der Waals surface area contributed by atoms with E-state index in [1.807, 2.05) is 6.92 Å². The summed E-state index contributed by atoms with van der Waals surface area (Å²) in [4.78, 5) is 16.7. The number of aliphatic hydroxyl groups is 1. The van der Waals surface area contributed by atoms with E-state index in [4.69, 9.17) is 11.6 Å². The minimum atomic E-state index is -0.926. The van der Waals surface area contributed by atoms with Crippen LogP contribution in [-0.4, -0.2) is 25.7 Å². The fourth-order valence-corrected chi connectivity index (χ4v) is 3.32. The molecule has 9 heteroatoms. The summed E-state index contributed by atoms with van der Waals surface area (Å²) in [6, 6.07) is 5.77. The molecule has 0 unspecified atom stereocenters. The zero-order chi connectivity index (χ0) is 21.3. The van der Waals surface area contributed by atoms with Gasteiger partial charge in [-0.25, -0.2) is 13.8 Å². The first-order valence-electron chi connectivity index (χ1n) is 8.72. The van der Waals surface area contributed by atoms with E-state index in [2.05, 4.69) is 10.3 Å². The third kappa shape index (κ3) is 3.81. The third-order valence-corrected chi connectivity index (χ3v) is 4.87. The number of rotatable bonds is 5. The lowest BCUT2D eigenvalue weighted by Gasteiger charge is -2.12. The van der Waals surface area contributed by atoms with Crippen LogP contribution < -0.4 is 5.32 Å². The molecule has 0 saturated heterocycles. The Morgan fingerprint density at radius 1 is 1.28 bits per heavy atom. The first-order chi connectivity index (χ1) is 13.8. The molecule has 0 fully saturated rings. The third-order valence-electron chi connectivity index (χ3n) is 4.55. The Balaban J connectivity index is 2.00. The van der Waals surface area contributed by atoms with Crippen LogP contribution in [0, 0.1) is 11.6 Å². The van der Waals surface area contributed by atoms with Crippen molar-refractivity contribution in [2.45, 2.75) is 20.0 Å². The van der Waals surface area contributed by atoms with E-state index in [1.165, 1.54) is 12.1 Å². The molecular weight excluding hydrogens is 404 g/mol. The highest BCUT2D eigenvalue weighted by atomic mass is 35.5. The van der Waals surface area contributed by atoms with Gasteiger partial charge in [-0.3, -0.25) is 4.79 Å². The molecule has 1 amide bonds. The molecule has 0 saturated carbocycles. The van der Waals surface area contributed by atoms with Gasteiger partial charge in [-0.1, -0.05) is 24.6 Å². The Hall–Kier alpha value is -2.97. The van der Waals surface area contributed by atoms with Gasteiger partial charge in [-0.2, -0.15) is 0 Å². The zero-order valence-corrected chi connectivity index (χ0v) is 16.4. The summed E-state index contributed by atoms with van der Waals surface area (Å²) in [6.45, 7) is 1.56. The van der Waals surface area contributed by atoms with Gasteiger partial charge in [0.15, 0.2) is 0 Å². The van der Waals surface area contributed by atoms with Gasteiger partial charge in [0.25, 0.3) is 5.91 Å². The van der Waals surface area contributed by atoms with Gasteiger partial charge < -0.3 is 20.1 Å². The number of phenolic OH excluding ortho intramolecular Hbond substituents is 1. The Morgan fingerprint density at radius 3 is 2.59 bits per heavy atom. The molecule has 0 aliphatic rings. The molecule has 3 aromatic rings. The molecule has 0 radical (unpaired) electrons. The fraction of sp³-hybridized carbons (Fsp3) is 0.200. The molecule has 0 spiro atoms. The summed E-state index contributed by atoms with van der Waals surface area (Å²) in [5, 5.41) is 22.0. The SMILES string of the molecule is CCc1c(CO)nc(-c2cc(O)c(C(=O)Nc3c(F)cccc3Cl)cc2F)n1C. The van der Waals surface area contributed by atoms with Crippen molar-refractivity contribution in [3.63, 3.8) is 0 Å². The van der Waals surface area contributed by atoms with Crippen LogP contribution in [0.4, 0.5) is 14.5 Å². The summed E-state index contributed by atoms with van der Waals surface area (Å²) >= 11 is 5.88. The maximum absolute atomic E-state index is 14.8. The number of carbonyl (C=O) groups is 1. The number of nitrogens with one attached hydrogen (secondary N) is 1. The maximum atomic E-state index is 14.8. The van der Waals surface area contributed by atoms with Gasteiger partial charge in [-0.05, 0) is 30.7 Å². The minimum absolute atomic E-state index is 0.0356. The number of aromatic nitrogens is 2. The molecule has 0 aliphatic heterocycles. The number of imidazole rings is 1. The molecule has 2 aromatic carbocycles. The average Bonchev–Trinajstić information content (AvgIpc) is 3.01. The summed E-state index contributed by atoms with van der Waals surface area (Å²) in [6.07, 6.45) is 0.566. The predicted octanol–water partition coefficient (Wildman–Crippen LogP) is 4.03. The van der Waals surface area contributed by atoms with Crippen LogP contribution in [0.25, 0.3) is 11.4 Å². The average molecular weight is 422 g/mol. The summed E-state index contributed by atoms with van der Waals surface area (Å²) in [7, 11) is 1.66. The van der Waals surface area contributed by atoms with Crippen molar-refractivity contribution in [3.8, 4) is 17.1 Å². The largest absolute Gasteiger partial charge is 0.507 e. The highest BCUT2D eigenvalue weighted by molar-refractivity contribution is 6.34. The van der Waals surface area contributed by atoms with Crippen LogP contribution in [0.1, 0.15) is 28.7 Å². The molecule has 0 atom stereocenters. The van der Waals surface area contributed by atoms with Crippen molar-refractivity contribution in [1.82, 2.24) is 9.55 Å². The normalized spacial score (nSPS) is 11.0. The quantitative estimate of drug-likeness (QED) is 0.580. The number of amides is 1. The smallest absolute Gasteiger partial charge is 0.259 e. The highest BCUT2D eigenvalue weighted by Crippen LogP contribution is 2.32. The maximum Gasteiger partial charge on any atom is 0.259 e. The number of benzene rings is 2. The van der Waals surface area contributed by atoms with Gasteiger partial charge in [-0.15, -0.1) is 0 Å². The van der Waals surface area contributed by atoms with Crippen LogP contribution >= 0.6 is 11.6 Å². The number of carbonyl (C=O) groups excluding carboxylic acids is 1. The van der Waals surface area contributed by atoms with E-state index in [0.717, 1.165) is 23.9 Å². The van der Waals surface area contributed by atoms with Crippen molar-refractivity contribution in [3.05, 3.63) is 63.9 Å². The van der Waals surface area contributed by atoms with Gasteiger partial charge in [0.2, 0.25) is 0 Å². The van der Waals surface area contributed by atoms with E-state index in [0.29, 0.717) is 12.1 Å². The Morgan fingerprint density at radius 2 is 2.00 bits per heavy atom. The predicted molar refractivity (Wildman–Crippen MR) is 105 cm³/mol. The minimum Gasteiger partial charge on any atom is -0.507 e. The van der Waals surface area contributed by atoms with E-state index >= 15 is 0 Å². The zero-order valence-electron chi connectivity index (χ0n) is 15.6. The second kappa shape index (κ2) is 8.18. The van der Waals surface area contributed by atoms with Crippen LogP contribution in [-0.2, 0) is 20.1 Å². The topological polar surface area (TPSA) is 87.4 Å². The molecule has 3 rings (SSSR count). The number of halogens is 3. The number of anilines is 1. The second-order valence-electron chi connectivity index (χ2n) is 6.30. The lowest BCUT2D eigenvalue weighted by atomic mass is 10.1. The number of aliphatic hydroxyl groups excluding tert-OH is 1. The number of nitrogens with zero attached hydrogens (tertiary/aromatic N) is 2. The number of phenols is 1. The summed E-state index contributed by atoms with van der Waals surface area (Å²) in [5.41, 5.74) is 0.419. The van der Waals surface area contributed by atoms with Crippen LogP contribution in [0.5, 0.6) is 5.75 Å². The van der Waals surface area contributed by atoms with Crippen LogP contribution in [0.15, 0.2) is 30.3 Å². The van der Waals surface area contributed by atoms with Gasteiger partial charge in [0.1, 0.15) is 23.2 Å². The molecule has 6 nitrogen and oxygen atoms in total. The van der Waals surface area contributed by atoms with Crippen LogP contribution in [0.2, 0.25) is 5.02 Å². The molecule has 1 aromatic heterocycles. The van der Waals surface area contributed by atoms with Crippen molar-refractivity contribution < 1.29 is 23.8 Å². The van der Waals surface area contributed by atoms with Crippen LogP contribution in [0.3, 0.4) is 0 Å². The van der Waals surface area contributed by atoms with E-state index in [-0.39, 0.29) is 28.7 Å². The molecular formula is C20H18ClF2N3O3. The number of aromatic hydroxyl groups is 1. The lowest BCUT2D eigenvalue weighted by molar-refractivity contribution is 0.102. The van der Waals surface area contributed by atoms with E-state index < -0.39 is 28.9 Å². The Bertz CT molecular complexity index is 1080. The fourth-order valence-electron chi connectivity index (χ4n) is 3.11. The van der Waals surface area contributed by atoms with E-state index in [9.17, 15) is 23.8 Å². The first kappa shape index (κ1) is 20.8. The second-order valence-corrected chi connectivity index (χ2v) is 6.71. The van der Waals surface area contributed by atoms with Crippen molar-refractivity contribution in [2.75, 3.05) is 5.32 Å². The highest BCUT2D eigenvalue weighted by Gasteiger charge is 2.22. The number of hydrogen-bond acceptors (Lipinski definition) is 4. The molecule has 0 bridgehead atoms. The monoisotopic (exact) mass is 421 g/mol.